The van der Waals surface area contributed by atoms with E-state index in [2.05, 4.69) is 20.9 Å². The first kappa shape index (κ1) is 24.1. The molecule has 30 heavy (non-hydrogen) atoms. The maximum absolute atomic E-state index is 13.0. The van der Waals surface area contributed by atoms with Gasteiger partial charge in [0.15, 0.2) is 5.11 Å². The molecule has 1 aromatic carbocycles. The summed E-state index contributed by atoms with van der Waals surface area (Å²) >= 11 is 5.41. The van der Waals surface area contributed by atoms with E-state index in [1.165, 1.54) is 0 Å². The Bertz CT molecular complexity index is 720. The van der Waals surface area contributed by atoms with Crippen LogP contribution in [-0.4, -0.2) is 67.8 Å². The molecule has 0 unspecified atom stereocenters. The molecular weight excluding hydrogens is 400 g/mol. The number of nitrogens with one attached hydrogen (secondary N) is 3. The van der Waals surface area contributed by atoms with Crippen molar-refractivity contribution < 1.29 is 14.3 Å². The number of benzene rings is 1. The fraction of sp³-hybridized carbons (Fsp3) is 0.591. The molecule has 0 aromatic heterocycles. The van der Waals surface area contributed by atoms with Crippen LogP contribution in [0.15, 0.2) is 24.3 Å². The van der Waals surface area contributed by atoms with Crippen LogP contribution in [0, 0.1) is 12.8 Å². The zero-order chi connectivity index (χ0) is 21.9. The number of thiocarbonyl (C=S) groups is 1. The van der Waals surface area contributed by atoms with E-state index < -0.39 is 6.04 Å². The highest BCUT2D eigenvalue weighted by atomic mass is 32.1. The molecule has 2 rings (SSSR count). The van der Waals surface area contributed by atoms with Crippen LogP contribution < -0.4 is 16.0 Å². The van der Waals surface area contributed by atoms with Crippen LogP contribution in [0.4, 0.5) is 0 Å². The predicted molar refractivity (Wildman–Crippen MR) is 123 cm³/mol. The van der Waals surface area contributed by atoms with E-state index in [4.69, 9.17) is 17.0 Å². The Morgan fingerprint density at radius 2 is 1.93 bits per heavy atom. The highest BCUT2D eigenvalue weighted by molar-refractivity contribution is 7.80. The van der Waals surface area contributed by atoms with Crippen molar-refractivity contribution in [2.75, 3.05) is 39.9 Å². The second-order valence-electron chi connectivity index (χ2n) is 7.56. The molecule has 1 aliphatic rings. The highest BCUT2D eigenvalue weighted by Crippen LogP contribution is 2.22. The maximum Gasteiger partial charge on any atom is 0.252 e. The number of likely N-dealkylation sites (tertiary alicyclic amines) is 1. The fourth-order valence-corrected chi connectivity index (χ4v) is 4.01. The van der Waals surface area contributed by atoms with Crippen molar-refractivity contribution in [2.24, 2.45) is 5.92 Å². The van der Waals surface area contributed by atoms with Gasteiger partial charge >= 0.3 is 0 Å². The third kappa shape index (κ3) is 6.95. The van der Waals surface area contributed by atoms with Gasteiger partial charge in [-0.15, -0.1) is 0 Å². The zero-order valence-corrected chi connectivity index (χ0v) is 19.0. The van der Waals surface area contributed by atoms with Crippen LogP contribution in [0.1, 0.15) is 42.1 Å². The minimum Gasteiger partial charge on any atom is -0.385 e. The lowest BCUT2D eigenvalue weighted by molar-refractivity contribution is -0.124. The molecule has 8 heteroatoms. The lowest BCUT2D eigenvalue weighted by Gasteiger charge is -2.37. The summed E-state index contributed by atoms with van der Waals surface area (Å²) in [6.07, 6.45) is 2.31. The number of amides is 2. The molecule has 7 nitrogen and oxygen atoms in total. The average molecular weight is 435 g/mol. The first-order valence-corrected chi connectivity index (χ1v) is 11.0. The molecule has 166 valence electrons. The summed E-state index contributed by atoms with van der Waals surface area (Å²) in [7, 11) is 1.64. The van der Waals surface area contributed by atoms with E-state index >= 15 is 0 Å². The number of piperidine rings is 1. The van der Waals surface area contributed by atoms with Crippen molar-refractivity contribution in [3.63, 3.8) is 0 Å². The molecular formula is C22H34N4O3S. The molecule has 3 N–H and O–H groups in total. The number of hydrogen-bond donors (Lipinski definition) is 3. The van der Waals surface area contributed by atoms with Gasteiger partial charge in [0, 0.05) is 45.5 Å². The summed E-state index contributed by atoms with van der Waals surface area (Å²) in [6.45, 7) is 7.35. The normalized spacial score (nSPS) is 15.4. The second-order valence-corrected chi connectivity index (χ2v) is 7.95. The van der Waals surface area contributed by atoms with Crippen LogP contribution in [0.2, 0.25) is 0 Å². The van der Waals surface area contributed by atoms with Gasteiger partial charge in [-0.3, -0.25) is 9.59 Å². The van der Waals surface area contributed by atoms with E-state index in [-0.39, 0.29) is 17.7 Å². The van der Waals surface area contributed by atoms with Crippen LogP contribution in [0.3, 0.4) is 0 Å². The number of carbonyl (C=O) groups is 2. The zero-order valence-electron chi connectivity index (χ0n) is 18.2. The Labute approximate surface area is 184 Å². The van der Waals surface area contributed by atoms with Crippen molar-refractivity contribution in [1.29, 1.82) is 0 Å². The van der Waals surface area contributed by atoms with Crippen LogP contribution >= 0.6 is 12.2 Å². The topological polar surface area (TPSA) is 82.7 Å². The van der Waals surface area contributed by atoms with Gasteiger partial charge in [-0.05, 0) is 62.9 Å². The molecule has 0 radical (unpaired) electrons. The molecule has 0 bridgehead atoms. The number of ether oxygens (including phenoxy) is 1. The van der Waals surface area contributed by atoms with Gasteiger partial charge in [0.2, 0.25) is 5.91 Å². The molecule has 1 saturated heterocycles. The molecule has 1 fully saturated rings. The minimum absolute atomic E-state index is 0.0565. The lowest BCUT2D eigenvalue weighted by atomic mass is 9.88. The molecule has 1 aromatic rings. The van der Waals surface area contributed by atoms with Gasteiger partial charge < -0.3 is 25.6 Å². The average Bonchev–Trinajstić information content (AvgIpc) is 2.75. The van der Waals surface area contributed by atoms with Gasteiger partial charge in [0.05, 0.1) is 0 Å². The molecule has 1 atom stereocenters. The smallest absolute Gasteiger partial charge is 0.252 e. The number of methoxy groups -OCH3 is 1. The summed E-state index contributed by atoms with van der Waals surface area (Å²) in [6, 6.07) is 6.84. The third-order valence-electron chi connectivity index (χ3n) is 5.41. The standard InChI is InChI=1S/C22H34N4O3S/c1-4-23-22(30)26-13-10-17(11-14-26)19(21(28)24-12-7-15-29-3)25-20(27)18-9-6-5-8-16(18)2/h5-6,8-9,17,19H,4,7,10-15H2,1-3H3,(H,23,30)(H,24,28)(H,25,27)/t19-/m0/s1. The Kier molecular flexibility index (Phi) is 10.0. The number of rotatable bonds is 9. The largest absolute Gasteiger partial charge is 0.385 e. The third-order valence-corrected chi connectivity index (χ3v) is 5.81. The predicted octanol–water partition coefficient (Wildman–Crippen LogP) is 1.85. The quantitative estimate of drug-likeness (QED) is 0.407. The second kappa shape index (κ2) is 12.5. The Balaban J connectivity index is 2.06. The van der Waals surface area contributed by atoms with E-state index in [1.54, 1.807) is 13.2 Å². The number of hydrogen-bond acceptors (Lipinski definition) is 4. The molecule has 1 aliphatic heterocycles. The summed E-state index contributed by atoms with van der Waals surface area (Å²) in [5.41, 5.74) is 1.49. The Morgan fingerprint density at radius 3 is 2.57 bits per heavy atom. The number of nitrogens with zero attached hydrogens (tertiary/aromatic N) is 1. The van der Waals surface area contributed by atoms with Gasteiger partial charge in [-0.2, -0.15) is 0 Å². The number of aryl methyl sites for hydroxylation is 1. The van der Waals surface area contributed by atoms with Crippen LogP contribution in [0.5, 0.6) is 0 Å². The maximum atomic E-state index is 13.0. The molecule has 0 aliphatic carbocycles. The van der Waals surface area contributed by atoms with Gasteiger partial charge in [0.25, 0.3) is 5.91 Å². The number of carbonyl (C=O) groups excluding carboxylic acids is 2. The first-order chi connectivity index (χ1) is 14.5. The van der Waals surface area contributed by atoms with Crippen molar-refractivity contribution in [3.05, 3.63) is 35.4 Å². The minimum atomic E-state index is -0.575. The molecule has 2 amide bonds. The van der Waals surface area contributed by atoms with E-state index in [9.17, 15) is 9.59 Å². The Morgan fingerprint density at radius 1 is 1.23 bits per heavy atom. The van der Waals surface area contributed by atoms with Gasteiger partial charge in [-0.25, -0.2) is 0 Å². The SMILES string of the molecule is CCNC(=S)N1CCC([C@H](NC(=O)c2ccccc2C)C(=O)NCCCOC)CC1. The fourth-order valence-electron chi connectivity index (χ4n) is 3.68. The van der Waals surface area contributed by atoms with Crippen molar-refractivity contribution in [2.45, 2.75) is 39.2 Å². The van der Waals surface area contributed by atoms with Crippen molar-refractivity contribution in [3.8, 4) is 0 Å². The molecule has 1 heterocycles. The van der Waals surface area contributed by atoms with Gasteiger partial charge in [0.1, 0.15) is 6.04 Å². The van der Waals surface area contributed by atoms with Crippen LogP contribution in [-0.2, 0) is 9.53 Å². The van der Waals surface area contributed by atoms with E-state index in [1.807, 2.05) is 32.0 Å². The highest BCUT2D eigenvalue weighted by Gasteiger charge is 2.33. The summed E-state index contributed by atoms with van der Waals surface area (Å²) in [5.74, 6) is -0.294. The Hall–Kier alpha value is -2.19. The van der Waals surface area contributed by atoms with E-state index in [0.29, 0.717) is 18.7 Å². The molecule has 0 saturated carbocycles. The lowest BCUT2D eigenvalue weighted by Crippen LogP contribution is -2.54. The summed E-state index contributed by atoms with van der Waals surface area (Å²) in [4.78, 5) is 28.0. The summed E-state index contributed by atoms with van der Waals surface area (Å²) in [5, 5.41) is 9.89. The summed E-state index contributed by atoms with van der Waals surface area (Å²) < 4.78 is 5.05. The molecule has 0 spiro atoms. The monoisotopic (exact) mass is 434 g/mol. The van der Waals surface area contributed by atoms with Crippen molar-refractivity contribution in [1.82, 2.24) is 20.9 Å². The van der Waals surface area contributed by atoms with Gasteiger partial charge in [-0.1, -0.05) is 18.2 Å². The van der Waals surface area contributed by atoms with Crippen molar-refractivity contribution >= 4 is 29.1 Å². The van der Waals surface area contributed by atoms with E-state index in [0.717, 1.165) is 49.6 Å². The van der Waals surface area contributed by atoms with Crippen LogP contribution in [0.25, 0.3) is 0 Å². The first-order valence-electron chi connectivity index (χ1n) is 10.6.